The number of nitrogens with zero attached hydrogens (tertiary/aromatic N) is 3. The molecule has 5 rings (SSSR count). The second kappa shape index (κ2) is 8.02. The first-order valence-electron chi connectivity index (χ1n) is 10.3. The van der Waals surface area contributed by atoms with E-state index in [1.165, 1.54) is 6.20 Å². The highest BCUT2D eigenvalue weighted by molar-refractivity contribution is 5.97. The smallest absolute Gasteiger partial charge is 0.257 e. The summed E-state index contributed by atoms with van der Waals surface area (Å²) in [5, 5.41) is 6.41. The Morgan fingerprint density at radius 2 is 1.74 bits per heavy atom. The van der Waals surface area contributed by atoms with Gasteiger partial charge in [-0.25, -0.2) is 4.98 Å². The molecule has 0 unspecified atom stereocenters. The van der Waals surface area contributed by atoms with Crippen LogP contribution < -0.4 is 16.1 Å². The molecule has 0 aliphatic heterocycles. The molecule has 1 fully saturated rings. The number of nitrogens with one attached hydrogen (secondary N) is 2. The number of benzene rings is 2. The molecule has 2 N–H and O–H groups in total. The second-order valence-corrected chi connectivity index (χ2v) is 7.60. The Kier molecular flexibility index (Phi) is 4.92. The zero-order valence-corrected chi connectivity index (χ0v) is 16.8. The topological polar surface area (TPSA) is 88.9 Å². The lowest BCUT2D eigenvalue weighted by atomic mass is 10.2. The Hall–Kier alpha value is -4.00. The van der Waals surface area contributed by atoms with E-state index in [0.29, 0.717) is 23.5 Å². The van der Waals surface area contributed by atoms with E-state index in [4.69, 9.17) is 0 Å². The van der Waals surface area contributed by atoms with Gasteiger partial charge in [-0.1, -0.05) is 48.5 Å². The van der Waals surface area contributed by atoms with E-state index in [9.17, 15) is 9.59 Å². The number of pyridine rings is 1. The van der Waals surface area contributed by atoms with E-state index in [-0.39, 0.29) is 22.9 Å². The Morgan fingerprint density at radius 1 is 1.03 bits per heavy atom. The Bertz CT molecular complexity index is 1300. The van der Waals surface area contributed by atoms with Crippen LogP contribution in [0.4, 0.5) is 5.95 Å². The molecule has 1 saturated carbocycles. The van der Waals surface area contributed by atoms with Gasteiger partial charge in [0.1, 0.15) is 5.56 Å². The van der Waals surface area contributed by atoms with Crippen molar-refractivity contribution in [2.75, 3.05) is 5.32 Å². The number of para-hydroxylation sites is 1. The highest BCUT2D eigenvalue weighted by Gasteiger charge is 2.26. The fraction of sp³-hybridized carbons (Fsp3) is 0.167. The van der Waals surface area contributed by atoms with Crippen LogP contribution in [-0.4, -0.2) is 26.5 Å². The quantitative estimate of drug-likeness (QED) is 0.508. The van der Waals surface area contributed by atoms with Crippen LogP contribution in [0.3, 0.4) is 0 Å². The van der Waals surface area contributed by atoms with Crippen LogP contribution >= 0.6 is 0 Å². The minimum atomic E-state index is -0.366. The third-order valence-corrected chi connectivity index (χ3v) is 5.23. The van der Waals surface area contributed by atoms with Crippen molar-refractivity contribution in [2.24, 2.45) is 0 Å². The maximum atomic E-state index is 13.1. The summed E-state index contributed by atoms with van der Waals surface area (Å²) >= 11 is 0. The molecule has 7 heteroatoms. The maximum Gasteiger partial charge on any atom is 0.257 e. The first-order valence-corrected chi connectivity index (χ1v) is 10.3. The fourth-order valence-corrected chi connectivity index (χ4v) is 3.41. The number of hydrogen-bond acceptors (Lipinski definition) is 5. The molecule has 0 spiro atoms. The monoisotopic (exact) mass is 411 g/mol. The van der Waals surface area contributed by atoms with Crippen LogP contribution in [0.5, 0.6) is 0 Å². The van der Waals surface area contributed by atoms with E-state index in [1.54, 1.807) is 10.8 Å². The molecule has 7 nitrogen and oxygen atoms in total. The van der Waals surface area contributed by atoms with Crippen LogP contribution in [-0.2, 0) is 6.54 Å². The SMILES string of the molecule is O=C(NC1CC1)c1cn(-c2ccccc2)c2nc(NCc3ccccc3)ncc2c1=O. The summed E-state index contributed by atoms with van der Waals surface area (Å²) in [5.74, 6) is 0.0565. The average molecular weight is 411 g/mol. The van der Waals surface area contributed by atoms with Crippen molar-refractivity contribution in [3.63, 3.8) is 0 Å². The van der Waals surface area contributed by atoms with Crippen molar-refractivity contribution in [1.82, 2.24) is 19.9 Å². The van der Waals surface area contributed by atoms with Crippen molar-refractivity contribution in [2.45, 2.75) is 25.4 Å². The predicted octanol–water partition coefficient (Wildman–Crippen LogP) is 3.29. The van der Waals surface area contributed by atoms with Gasteiger partial charge in [0, 0.05) is 30.7 Å². The summed E-state index contributed by atoms with van der Waals surface area (Å²) in [6.45, 7) is 0.559. The van der Waals surface area contributed by atoms with Gasteiger partial charge in [0.05, 0.1) is 5.39 Å². The van der Waals surface area contributed by atoms with E-state index >= 15 is 0 Å². The van der Waals surface area contributed by atoms with Crippen molar-refractivity contribution in [3.05, 3.63) is 94.4 Å². The van der Waals surface area contributed by atoms with Gasteiger partial charge in [0.25, 0.3) is 5.91 Å². The lowest BCUT2D eigenvalue weighted by Crippen LogP contribution is -2.31. The van der Waals surface area contributed by atoms with Crippen molar-refractivity contribution >= 4 is 22.9 Å². The molecule has 1 aliphatic rings. The first-order chi connectivity index (χ1) is 15.2. The Morgan fingerprint density at radius 3 is 2.45 bits per heavy atom. The van der Waals surface area contributed by atoms with Crippen molar-refractivity contribution < 1.29 is 4.79 Å². The maximum absolute atomic E-state index is 13.1. The second-order valence-electron chi connectivity index (χ2n) is 7.60. The summed E-state index contributed by atoms with van der Waals surface area (Å²) < 4.78 is 1.77. The van der Waals surface area contributed by atoms with Crippen LogP contribution in [0, 0.1) is 0 Å². The summed E-state index contributed by atoms with van der Waals surface area (Å²) in [6, 6.07) is 19.6. The number of amides is 1. The zero-order chi connectivity index (χ0) is 21.2. The number of aromatic nitrogens is 3. The molecule has 154 valence electrons. The molecule has 1 amide bonds. The van der Waals surface area contributed by atoms with Gasteiger partial charge in [-0.15, -0.1) is 0 Å². The molecule has 0 bridgehead atoms. The lowest BCUT2D eigenvalue weighted by Gasteiger charge is -2.14. The van der Waals surface area contributed by atoms with Gasteiger partial charge < -0.3 is 15.2 Å². The summed E-state index contributed by atoms with van der Waals surface area (Å²) in [6.07, 6.45) is 4.97. The molecule has 0 atom stereocenters. The molecule has 31 heavy (non-hydrogen) atoms. The summed E-state index contributed by atoms with van der Waals surface area (Å²) in [5.41, 5.74) is 2.08. The summed E-state index contributed by atoms with van der Waals surface area (Å²) in [7, 11) is 0. The molecule has 0 radical (unpaired) electrons. The van der Waals surface area contributed by atoms with Gasteiger partial charge in [0.15, 0.2) is 5.65 Å². The number of carbonyl (C=O) groups is 1. The Labute approximate surface area is 178 Å². The molecule has 1 aliphatic carbocycles. The van der Waals surface area contributed by atoms with Crippen LogP contribution in [0.1, 0.15) is 28.8 Å². The minimum Gasteiger partial charge on any atom is -0.350 e. The van der Waals surface area contributed by atoms with Crippen LogP contribution in [0.15, 0.2) is 77.9 Å². The van der Waals surface area contributed by atoms with Gasteiger partial charge >= 0.3 is 0 Å². The minimum absolute atomic E-state index is 0.0943. The van der Waals surface area contributed by atoms with Gasteiger partial charge in [0.2, 0.25) is 11.4 Å². The summed E-state index contributed by atoms with van der Waals surface area (Å²) in [4.78, 5) is 34.7. The number of anilines is 1. The number of hydrogen-bond donors (Lipinski definition) is 2. The number of rotatable bonds is 6. The zero-order valence-electron chi connectivity index (χ0n) is 16.8. The largest absolute Gasteiger partial charge is 0.350 e. The Balaban J connectivity index is 1.59. The number of carbonyl (C=O) groups excluding carboxylic acids is 1. The molecule has 0 saturated heterocycles. The molecule has 4 aromatic rings. The average Bonchev–Trinajstić information content (AvgIpc) is 3.63. The predicted molar refractivity (Wildman–Crippen MR) is 119 cm³/mol. The highest BCUT2D eigenvalue weighted by Crippen LogP contribution is 2.20. The standard InChI is InChI=1S/C24H21N5O2/c30-21-19-14-26-24(25-13-16-7-3-1-4-8-16)28-22(19)29(18-9-5-2-6-10-18)15-20(21)23(31)27-17-11-12-17/h1-10,14-15,17H,11-13H2,(H,27,31)(H,25,26,28). The van der Waals surface area contributed by atoms with Gasteiger partial charge in [-0.05, 0) is 30.5 Å². The molecule has 2 aromatic heterocycles. The normalized spacial score (nSPS) is 13.2. The highest BCUT2D eigenvalue weighted by atomic mass is 16.2. The van der Waals surface area contributed by atoms with Crippen LogP contribution in [0.25, 0.3) is 16.7 Å². The molecular weight excluding hydrogens is 390 g/mol. The lowest BCUT2D eigenvalue weighted by molar-refractivity contribution is 0.0949. The fourth-order valence-electron chi connectivity index (χ4n) is 3.41. The third-order valence-electron chi connectivity index (χ3n) is 5.23. The molecule has 2 aromatic carbocycles. The van der Waals surface area contributed by atoms with Crippen molar-refractivity contribution in [3.8, 4) is 5.69 Å². The van der Waals surface area contributed by atoms with E-state index < -0.39 is 0 Å². The number of fused-ring (bicyclic) bond motifs is 1. The van der Waals surface area contributed by atoms with Gasteiger partial charge in [-0.3, -0.25) is 9.59 Å². The van der Waals surface area contributed by atoms with E-state index in [2.05, 4.69) is 20.6 Å². The molecular formula is C24H21N5O2. The van der Waals surface area contributed by atoms with E-state index in [1.807, 2.05) is 60.7 Å². The first kappa shape index (κ1) is 19.0. The van der Waals surface area contributed by atoms with Crippen LogP contribution in [0.2, 0.25) is 0 Å². The third kappa shape index (κ3) is 4.02. The van der Waals surface area contributed by atoms with Crippen molar-refractivity contribution in [1.29, 1.82) is 0 Å². The van der Waals surface area contributed by atoms with E-state index in [0.717, 1.165) is 24.1 Å². The van der Waals surface area contributed by atoms with Gasteiger partial charge in [-0.2, -0.15) is 4.98 Å². The molecule has 2 heterocycles.